The number of carbonyl (C=O) groups is 2. The molecule has 0 aliphatic carbocycles. The van der Waals surface area contributed by atoms with Gasteiger partial charge < -0.3 is 15.9 Å². The highest BCUT2D eigenvalue weighted by Gasteiger charge is 2.29. The van der Waals surface area contributed by atoms with Crippen LogP contribution in [0.1, 0.15) is 12.5 Å². The second kappa shape index (κ2) is 5.77. The van der Waals surface area contributed by atoms with E-state index in [4.69, 9.17) is 15.6 Å². The summed E-state index contributed by atoms with van der Waals surface area (Å²) >= 11 is 0. The minimum atomic E-state index is -1.57. The van der Waals surface area contributed by atoms with Gasteiger partial charge in [-0.3, -0.25) is 9.59 Å². The average Bonchev–Trinajstić information content (AvgIpc) is 2.20. The van der Waals surface area contributed by atoms with Gasteiger partial charge in [-0.05, 0) is 12.5 Å². The minimum absolute atomic E-state index is 0.250. The van der Waals surface area contributed by atoms with Crippen molar-refractivity contribution in [2.45, 2.75) is 12.5 Å². The van der Waals surface area contributed by atoms with Crippen LogP contribution in [0.3, 0.4) is 0 Å². The predicted molar refractivity (Wildman–Crippen MR) is 53.9 cm³/mol. The Morgan fingerprint density at radius 2 is 1.80 bits per heavy atom. The Labute approximate surface area is 87.1 Å². The number of hydrogen-bond acceptors (Lipinski definition) is 3. The van der Waals surface area contributed by atoms with E-state index in [2.05, 4.69) is 0 Å². The van der Waals surface area contributed by atoms with Crippen LogP contribution in [-0.4, -0.2) is 22.6 Å². The first-order valence-corrected chi connectivity index (χ1v) is 4.12. The van der Waals surface area contributed by atoms with Gasteiger partial charge in [0.05, 0.1) is 0 Å². The fourth-order valence-electron chi connectivity index (χ4n) is 0.905. The molecule has 0 bridgehead atoms. The zero-order valence-electron chi connectivity index (χ0n) is 8.25. The highest BCUT2D eigenvalue weighted by molar-refractivity contribution is 5.84. The molecule has 15 heavy (non-hydrogen) atoms. The number of hydrogen-bond donors (Lipinski definition) is 3. The molecule has 1 atom stereocenters. The zero-order valence-corrected chi connectivity index (χ0v) is 8.25. The molecule has 4 N–H and O–H groups in total. The molecule has 0 radical (unpaired) electrons. The largest absolute Gasteiger partial charge is 0.483 e. The minimum Gasteiger partial charge on any atom is -0.483 e. The fourth-order valence-corrected chi connectivity index (χ4v) is 0.905. The summed E-state index contributed by atoms with van der Waals surface area (Å²) in [6, 6.07) is 8.61. The van der Waals surface area contributed by atoms with E-state index < -0.39 is 11.5 Å². The third-order valence-electron chi connectivity index (χ3n) is 1.82. The van der Waals surface area contributed by atoms with Gasteiger partial charge in [-0.1, -0.05) is 30.3 Å². The van der Waals surface area contributed by atoms with Gasteiger partial charge in [0.15, 0.2) is 5.60 Å². The van der Waals surface area contributed by atoms with Gasteiger partial charge in [-0.2, -0.15) is 0 Å². The molecule has 1 amide bonds. The molecule has 82 valence electrons. The first kappa shape index (κ1) is 13.1. The van der Waals surface area contributed by atoms with Crippen LogP contribution in [0.15, 0.2) is 30.3 Å². The topological polar surface area (TPSA) is 101 Å². The number of carbonyl (C=O) groups excluding carboxylic acids is 1. The molecule has 0 heterocycles. The maximum Gasteiger partial charge on any atom is 0.290 e. The molecule has 1 aromatic rings. The van der Waals surface area contributed by atoms with Crippen molar-refractivity contribution in [3.8, 4) is 0 Å². The van der Waals surface area contributed by atoms with Gasteiger partial charge in [0, 0.05) is 0 Å². The van der Waals surface area contributed by atoms with Crippen LogP contribution < -0.4 is 5.73 Å². The summed E-state index contributed by atoms with van der Waals surface area (Å²) in [7, 11) is 0. The SMILES string of the molecule is CC(O)(C(N)=O)c1ccccc1.O=CO. The Kier molecular flexibility index (Phi) is 5.04. The predicted octanol–water partition coefficient (Wildman–Crippen LogP) is 0.0802. The van der Waals surface area contributed by atoms with Gasteiger partial charge in [-0.25, -0.2) is 0 Å². The Hall–Kier alpha value is -1.88. The van der Waals surface area contributed by atoms with Gasteiger partial charge in [-0.15, -0.1) is 0 Å². The molecular formula is C10H13NO4. The molecule has 1 aromatic carbocycles. The van der Waals surface area contributed by atoms with Crippen molar-refractivity contribution in [1.29, 1.82) is 0 Å². The summed E-state index contributed by atoms with van der Waals surface area (Å²) in [5.74, 6) is -0.742. The number of benzene rings is 1. The number of nitrogens with two attached hydrogens (primary N) is 1. The summed E-state index contributed by atoms with van der Waals surface area (Å²) < 4.78 is 0. The number of aliphatic hydroxyl groups is 1. The third kappa shape index (κ3) is 3.78. The van der Waals surface area contributed by atoms with Crippen molar-refractivity contribution < 1.29 is 19.8 Å². The van der Waals surface area contributed by atoms with Gasteiger partial charge in [0.1, 0.15) is 0 Å². The van der Waals surface area contributed by atoms with E-state index in [0.29, 0.717) is 5.56 Å². The lowest BCUT2D eigenvalue weighted by Crippen LogP contribution is -2.38. The number of primary amides is 1. The Balaban J connectivity index is 0.000000583. The van der Waals surface area contributed by atoms with E-state index in [9.17, 15) is 9.90 Å². The van der Waals surface area contributed by atoms with Crippen molar-refractivity contribution in [1.82, 2.24) is 0 Å². The van der Waals surface area contributed by atoms with Crippen molar-refractivity contribution in [2.75, 3.05) is 0 Å². The monoisotopic (exact) mass is 211 g/mol. The van der Waals surface area contributed by atoms with E-state index in [-0.39, 0.29) is 6.47 Å². The normalized spacial score (nSPS) is 12.9. The summed E-state index contributed by atoms with van der Waals surface area (Å²) in [6.07, 6.45) is 0. The standard InChI is InChI=1S/C9H11NO2.CH2O2/c1-9(12,8(10)11)7-5-3-2-4-6-7;2-1-3/h2-6,12H,1H3,(H2,10,11);1H,(H,2,3). The van der Waals surface area contributed by atoms with Crippen LogP contribution in [0, 0.1) is 0 Å². The van der Waals surface area contributed by atoms with Crippen LogP contribution >= 0.6 is 0 Å². The van der Waals surface area contributed by atoms with Crippen molar-refractivity contribution in [3.05, 3.63) is 35.9 Å². The van der Waals surface area contributed by atoms with Gasteiger partial charge in [0.2, 0.25) is 0 Å². The molecule has 0 aliphatic rings. The van der Waals surface area contributed by atoms with Crippen molar-refractivity contribution in [2.24, 2.45) is 5.73 Å². The molecule has 1 unspecified atom stereocenters. The maximum atomic E-state index is 10.8. The highest BCUT2D eigenvalue weighted by Crippen LogP contribution is 2.18. The van der Waals surface area contributed by atoms with Crippen molar-refractivity contribution in [3.63, 3.8) is 0 Å². The van der Waals surface area contributed by atoms with Crippen LogP contribution in [0.2, 0.25) is 0 Å². The lowest BCUT2D eigenvalue weighted by molar-refractivity contribution is -0.135. The summed E-state index contributed by atoms with van der Waals surface area (Å²) in [4.78, 5) is 19.2. The Bertz CT molecular complexity index is 321. The Morgan fingerprint density at radius 3 is 2.13 bits per heavy atom. The molecular weight excluding hydrogens is 198 g/mol. The quantitative estimate of drug-likeness (QED) is 0.603. The lowest BCUT2D eigenvalue weighted by atomic mass is 9.96. The molecule has 0 aromatic heterocycles. The maximum absolute atomic E-state index is 10.8. The average molecular weight is 211 g/mol. The van der Waals surface area contributed by atoms with Gasteiger partial charge >= 0.3 is 0 Å². The van der Waals surface area contributed by atoms with Crippen LogP contribution in [0.5, 0.6) is 0 Å². The molecule has 0 saturated carbocycles. The smallest absolute Gasteiger partial charge is 0.290 e. The highest BCUT2D eigenvalue weighted by atomic mass is 16.3. The molecule has 0 spiro atoms. The van der Waals surface area contributed by atoms with Crippen LogP contribution in [0.25, 0.3) is 0 Å². The third-order valence-corrected chi connectivity index (χ3v) is 1.82. The summed E-state index contributed by atoms with van der Waals surface area (Å²) in [5.41, 5.74) is 3.96. The zero-order chi connectivity index (χ0) is 11.9. The van der Waals surface area contributed by atoms with Crippen LogP contribution in [-0.2, 0) is 15.2 Å². The molecule has 5 nitrogen and oxygen atoms in total. The first-order chi connectivity index (χ1) is 6.96. The summed E-state index contributed by atoms with van der Waals surface area (Å²) in [5, 5.41) is 16.5. The lowest BCUT2D eigenvalue weighted by Gasteiger charge is -2.18. The molecule has 1 rings (SSSR count). The van der Waals surface area contributed by atoms with E-state index in [1.165, 1.54) is 6.92 Å². The molecule has 5 heteroatoms. The van der Waals surface area contributed by atoms with Gasteiger partial charge in [0.25, 0.3) is 12.4 Å². The first-order valence-electron chi connectivity index (χ1n) is 4.12. The molecule has 0 saturated heterocycles. The second-order valence-electron chi connectivity index (χ2n) is 2.91. The van der Waals surface area contributed by atoms with Crippen molar-refractivity contribution >= 4 is 12.4 Å². The fraction of sp³-hybridized carbons (Fsp3) is 0.200. The second-order valence-corrected chi connectivity index (χ2v) is 2.91. The molecule has 0 aliphatic heterocycles. The molecule has 0 fully saturated rings. The van der Waals surface area contributed by atoms with E-state index in [0.717, 1.165) is 0 Å². The van der Waals surface area contributed by atoms with E-state index >= 15 is 0 Å². The van der Waals surface area contributed by atoms with E-state index in [1.807, 2.05) is 0 Å². The number of rotatable bonds is 2. The number of carboxylic acid groups (broad SMARTS) is 1. The number of amides is 1. The summed E-state index contributed by atoms with van der Waals surface area (Å²) in [6.45, 7) is 1.13. The van der Waals surface area contributed by atoms with Crippen LogP contribution in [0.4, 0.5) is 0 Å². The van der Waals surface area contributed by atoms with E-state index in [1.54, 1.807) is 30.3 Å². The Morgan fingerprint density at radius 1 is 1.40 bits per heavy atom.